The van der Waals surface area contributed by atoms with Gasteiger partial charge in [0.2, 0.25) is 0 Å². The Morgan fingerprint density at radius 1 is 1.25 bits per heavy atom. The molecule has 0 spiro atoms. The van der Waals surface area contributed by atoms with E-state index in [2.05, 4.69) is 17.9 Å². The van der Waals surface area contributed by atoms with Gasteiger partial charge in [0.05, 0.1) is 0 Å². The summed E-state index contributed by atoms with van der Waals surface area (Å²) in [4.78, 5) is 2.46. The highest BCUT2D eigenvalue weighted by molar-refractivity contribution is 5.44. The summed E-state index contributed by atoms with van der Waals surface area (Å²) in [6.45, 7) is 6.62. The predicted octanol–water partition coefficient (Wildman–Crippen LogP) is 2.19. The van der Waals surface area contributed by atoms with Crippen LogP contribution in [0.15, 0.2) is 18.2 Å². The lowest BCUT2D eigenvalue weighted by atomic mass is 10.1. The monoisotopic (exact) mass is 276 g/mol. The molecule has 4 heteroatoms. The maximum absolute atomic E-state index is 6.36. The van der Waals surface area contributed by atoms with Crippen LogP contribution in [0.1, 0.15) is 31.4 Å². The van der Waals surface area contributed by atoms with Crippen LogP contribution in [0, 0.1) is 5.92 Å². The molecule has 1 atom stereocenters. The summed E-state index contributed by atoms with van der Waals surface area (Å²) >= 11 is 0. The second-order valence-electron chi connectivity index (χ2n) is 5.81. The molecule has 2 N–H and O–H groups in total. The number of hydrogen-bond acceptors (Lipinski definition) is 4. The maximum Gasteiger partial charge on any atom is 0.161 e. The number of likely N-dealkylation sites (N-methyl/N-ethyl adjacent to an activating group) is 1. The van der Waals surface area contributed by atoms with E-state index in [0.29, 0.717) is 13.2 Å². The quantitative estimate of drug-likeness (QED) is 0.865. The average Bonchev–Trinajstić information content (AvgIpc) is 3.30. The third-order valence-electron chi connectivity index (χ3n) is 4.11. The third-order valence-corrected chi connectivity index (χ3v) is 4.11. The second kappa shape index (κ2) is 6.02. The van der Waals surface area contributed by atoms with Gasteiger partial charge in [0, 0.05) is 19.1 Å². The molecule has 1 heterocycles. The van der Waals surface area contributed by atoms with E-state index in [-0.39, 0.29) is 6.04 Å². The van der Waals surface area contributed by atoms with Crippen LogP contribution in [-0.2, 0) is 0 Å². The molecule has 110 valence electrons. The van der Waals surface area contributed by atoms with Crippen molar-refractivity contribution < 1.29 is 9.47 Å². The molecule has 1 fully saturated rings. The van der Waals surface area contributed by atoms with Gasteiger partial charge in [-0.2, -0.15) is 0 Å². The molecule has 0 radical (unpaired) electrons. The molecule has 1 aliphatic heterocycles. The van der Waals surface area contributed by atoms with Gasteiger partial charge < -0.3 is 20.1 Å². The van der Waals surface area contributed by atoms with E-state index in [0.717, 1.165) is 36.1 Å². The van der Waals surface area contributed by atoms with Crippen LogP contribution in [-0.4, -0.2) is 37.7 Å². The molecule has 4 nitrogen and oxygen atoms in total. The minimum atomic E-state index is 0.0320. The van der Waals surface area contributed by atoms with Crippen molar-refractivity contribution in [2.45, 2.75) is 25.8 Å². The molecular weight excluding hydrogens is 252 g/mol. The number of rotatable bonds is 6. The van der Waals surface area contributed by atoms with E-state index in [9.17, 15) is 0 Å². The Bertz CT molecular complexity index is 460. The Balaban J connectivity index is 1.64. The van der Waals surface area contributed by atoms with Crippen LogP contribution in [0.25, 0.3) is 0 Å². The molecule has 1 unspecified atom stereocenters. The Morgan fingerprint density at radius 2 is 2.00 bits per heavy atom. The molecular formula is C16H24N2O2. The van der Waals surface area contributed by atoms with Gasteiger partial charge >= 0.3 is 0 Å². The van der Waals surface area contributed by atoms with Crippen LogP contribution < -0.4 is 15.2 Å². The Morgan fingerprint density at radius 3 is 2.70 bits per heavy atom. The van der Waals surface area contributed by atoms with Crippen LogP contribution >= 0.6 is 0 Å². The van der Waals surface area contributed by atoms with E-state index in [1.54, 1.807) is 0 Å². The highest BCUT2D eigenvalue weighted by Gasteiger charge is 2.25. The Labute approximate surface area is 120 Å². The van der Waals surface area contributed by atoms with Crippen molar-refractivity contribution in [2.24, 2.45) is 11.7 Å². The summed E-state index contributed by atoms with van der Waals surface area (Å²) in [5, 5.41) is 0. The number of benzene rings is 1. The van der Waals surface area contributed by atoms with Crippen LogP contribution in [0.4, 0.5) is 0 Å². The lowest BCUT2D eigenvalue weighted by molar-refractivity contribution is 0.171. The summed E-state index contributed by atoms with van der Waals surface area (Å²) < 4.78 is 11.2. The first-order valence-corrected chi connectivity index (χ1v) is 7.63. The highest BCUT2D eigenvalue weighted by atomic mass is 16.6. The molecule has 0 amide bonds. The van der Waals surface area contributed by atoms with Gasteiger partial charge in [0.1, 0.15) is 13.2 Å². The van der Waals surface area contributed by atoms with E-state index < -0.39 is 0 Å². The van der Waals surface area contributed by atoms with Gasteiger partial charge in [0.15, 0.2) is 11.5 Å². The van der Waals surface area contributed by atoms with Gasteiger partial charge in [-0.25, -0.2) is 0 Å². The second-order valence-corrected chi connectivity index (χ2v) is 5.81. The van der Waals surface area contributed by atoms with Gasteiger partial charge in [-0.1, -0.05) is 13.0 Å². The minimum absolute atomic E-state index is 0.0320. The van der Waals surface area contributed by atoms with E-state index in [1.165, 1.54) is 19.4 Å². The summed E-state index contributed by atoms with van der Waals surface area (Å²) in [7, 11) is 0. The lowest BCUT2D eigenvalue weighted by Crippen LogP contribution is -2.33. The number of nitrogens with zero attached hydrogens (tertiary/aromatic N) is 1. The zero-order valence-electron chi connectivity index (χ0n) is 12.2. The molecule has 2 aliphatic rings. The fourth-order valence-electron chi connectivity index (χ4n) is 2.67. The van der Waals surface area contributed by atoms with Gasteiger partial charge in [0.25, 0.3) is 0 Å². The fourth-order valence-corrected chi connectivity index (χ4v) is 2.67. The summed E-state index contributed by atoms with van der Waals surface area (Å²) in [6.07, 6.45) is 2.77. The smallest absolute Gasteiger partial charge is 0.161 e. The van der Waals surface area contributed by atoms with Crippen molar-refractivity contribution in [2.75, 3.05) is 32.8 Å². The first-order chi connectivity index (χ1) is 9.76. The Kier molecular flexibility index (Phi) is 4.13. The highest BCUT2D eigenvalue weighted by Crippen LogP contribution is 2.33. The zero-order valence-corrected chi connectivity index (χ0v) is 12.2. The molecule has 3 rings (SSSR count). The zero-order chi connectivity index (χ0) is 13.9. The number of nitrogens with two attached hydrogens (primary N) is 1. The molecule has 0 bridgehead atoms. The molecule has 1 saturated carbocycles. The predicted molar refractivity (Wildman–Crippen MR) is 79.2 cm³/mol. The van der Waals surface area contributed by atoms with E-state index in [1.807, 2.05) is 12.1 Å². The van der Waals surface area contributed by atoms with Crippen molar-refractivity contribution in [1.29, 1.82) is 0 Å². The number of ether oxygens (including phenoxy) is 2. The molecule has 0 saturated heterocycles. The number of fused-ring (bicyclic) bond motifs is 1. The van der Waals surface area contributed by atoms with Crippen molar-refractivity contribution in [3.8, 4) is 11.5 Å². The first-order valence-electron chi connectivity index (χ1n) is 7.63. The van der Waals surface area contributed by atoms with Crippen molar-refractivity contribution in [1.82, 2.24) is 4.90 Å². The van der Waals surface area contributed by atoms with Crippen molar-refractivity contribution in [3.05, 3.63) is 23.8 Å². The topological polar surface area (TPSA) is 47.7 Å². The third kappa shape index (κ3) is 3.25. The fraction of sp³-hybridized carbons (Fsp3) is 0.625. The van der Waals surface area contributed by atoms with Gasteiger partial charge in [-0.05, 0) is 43.0 Å². The molecule has 0 aromatic heterocycles. The average molecular weight is 276 g/mol. The van der Waals surface area contributed by atoms with Gasteiger partial charge in [-0.3, -0.25) is 0 Å². The van der Waals surface area contributed by atoms with Crippen molar-refractivity contribution in [3.63, 3.8) is 0 Å². The molecule has 1 aliphatic carbocycles. The van der Waals surface area contributed by atoms with Crippen LogP contribution in [0.3, 0.4) is 0 Å². The summed E-state index contributed by atoms with van der Waals surface area (Å²) in [5.74, 6) is 2.56. The standard InChI is InChI=1S/C16H24N2O2/c1-2-18(10-12-3-4-12)11-14(17)13-5-6-15-16(9-13)20-8-7-19-15/h5-6,9,12,14H,2-4,7-8,10-11,17H2,1H3. The van der Waals surface area contributed by atoms with Crippen LogP contribution in [0.5, 0.6) is 11.5 Å². The van der Waals surface area contributed by atoms with Crippen molar-refractivity contribution >= 4 is 0 Å². The lowest BCUT2D eigenvalue weighted by Gasteiger charge is -2.25. The summed E-state index contributed by atoms with van der Waals surface area (Å²) in [5.41, 5.74) is 7.49. The summed E-state index contributed by atoms with van der Waals surface area (Å²) in [6, 6.07) is 6.10. The number of hydrogen-bond donors (Lipinski definition) is 1. The SMILES string of the molecule is CCN(CC1CC1)CC(N)c1ccc2c(c1)OCCO2. The molecule has 20 heavy (non-hydrogen) atoms. The Hall–Kier alpha value is -1.26. The van der Waals surface area contributed by atoms with E-state index in [4.69, 9.17) is 15.2 Å². The van der Waals surface area contributed by atoms with Crippen LogP contribution in [0.2, 0.25) is 0 Å². The minimum Gasteiger partial charge on any atom is -0.486 e. The normalized spacial score (nSPS) is 19.1. The molecule has 1 aromatic carbocycles. The molecule has 1 aromatic rings. The largest absolute Gasteiger partial charge is 0.486 e. The van der Waals surface area contributed by atoms with E-state index >= 15 is 0 Å². The maximum atomic E-state index is 6.36. The van der Waals surface area contributed by atoms with Gasteiger partial charge in [-0.15, -0.1) is 0 Å². The first kappa shape index (κ1) is 13.7.